The molecule has 2 atom stereocenters. The third-order valence-corrected chi connectivity index (χ3v) is 3.68. The maximum absolute atomic E-state index is 12.1. The molecule has 2 amide bonds. The molecule has 1 aliphatic heterocycles. The molecule has 2 aliphatic rings. The van der Waals surface area contributed by atoms with Gasteiger partial charge in [0.1, 0.15) is 0 Å². The maximum Gasteiger partial charge on any atom is 0.233 e. The summed E-state index contributed by atoms with van der Waals surface area (Å²) in [5, 5.41) is 1.26. The van der Waals surface area contributed by atoms with Crippen molar-refractivity contribution in [1.29, 1.82) is 0 Å². The highest BCUT2D eigenvalue weighted by Gasteiger charge is 2.47. The second-order valence-corrected chi connectivity index (χ2v) is 5.46. The van der Waals surface area contributed by atoms with Crippen LogP contribution in [0.15, 0.2) is 22.2 Å². The Morgan fingerprint density at radius 2 is 2.12 bits per heavy atom. The largest absolute Gasteiger partial charge is 0.278 e. The van der Waals surface area contributed by atoms with Gasteiger partial charge in [0, 0.05) is 16.6 Å². The fraction of sp³-hybridized carbons (Fsp3) is 0.500. The zero-order valence-electron chi connectivity index (χ0n) is 9.45. The number of likely N-dealkylation sites (tertiary alicyclic amines) is 1. The Hall–Kier alpha value is -0.800. The smallest absolute Gasteiger partial charge is 0.233 e. The number of nitrogens with zero attached hydrogens (tertiary/aromatic N) is 1. The van der Waals surface area contributed by atoms with Crippen LogP contribution in [0.2, 0.25) is 0 Å². The first-order valence-electron chi connectivity index (χ1n) is 5.52. The lowest BCUT2D eigenvalue weighted by atomic mass is 9.85. The lowest BCUT2D eigenvalue weighted by Crippen LogP contribution is -2.31. The van der Waals surface area contributed by atoms with Gasteiger partial charge in [-0.2, -0.15) is 0 Å². The van der Waals surface area contributed by atoms with E-state index in [4.69, 9.17) is 23.2 Å². The van der Waals surface area contributed by atoms with Gasteiger partial charge in [0.15, 0.2) is 0 Å². The molecule has 17 heavy (non-hydrogen) atoms. The van der Waals surface area contributed by atoms with Crippen LogP contribution in [-0.2, 0) is 9.59 Å². The van der Waals surface area contributed by atoms with Gasteiger partial charge in [-0.3, -0.25) is 14.5 Å². The fourth-order valence-electron chi connectivity index (χ4n) is 2.29. The fourth-order valence-corrected chi connectivity index (χ4v) is 2.62. The normalized spacial score (nSPS) is 29.5. The number of hydrogen-bond donors (Lipinski definition) is 0. The highest BCUT2D eigenvalue weighted by molar-refractivity contribution is 6.30. The van der Waals surface area contributed by atoms with Crippen LogP contribution in [0, 0.1) is 11.8 Å². The van der Waals surface area contributed by atoms with E-state index in [0.717, 1.165) is 0 Å². The zero-order chi connectivity index (χ0) is 12.6. The predicted octanol–water partition coefficient (Wildman–Crippen LogP) is 2.65. The number of rotatable bonds is 2. The summed E-state index contributed by atoms with van der Waals surface area (Å²) in [5.74, 6) is -0.729. The van der Waals surface area contributed by atoms with Crippen molar-refractivity contribution in [2.24, 2.45) is 11.8 Å². The molecule has 2 unspecified atom stereocenters. The molecule has 0 aromatic heterocycles. The molecule has 0 N–H and O–H groups in total. The monoisotopic (exact) mass is 273 g/mol. The van der Waals surface area contributed by atoms with Crippen molar-refractivity contribution in [2.75, 3.05) is 6.54 Å². The average Bonchev–Trinajstić information content (AvgIpc) is 2.49. The highest BCUT2D eigenvalue weighted by Crippen LogP contribution is 2.38. The molecule has 92 valence electrons. The second kappa shape index (κ2) is 4.83. The lowest BCUT2D eigenvalue weighted by Gasteiger charge is -2.17. The molecule has 1 aliphatic carbocycles. The number of amides is 2. The van der Waals surface area contributed by atoms with Gasteiger partial charge in [-0.05, 0) is 19.8 Å². The average molecular weight is 274 g/mol. The van der Waals surface area contributed by atoms with Gasteiger partial charge < -0.3 is 0 Å². The SMILES string of the molecule is CC(Cl)=CCN1C(=O)C2CC=C(Cl)CC2C1=O. The van der Waals surface area contributed by atoms with E-state index in [1.165, 1.54) is 4.90 Å². The van der Waals surface area contributed by atoms with E-state index in [0.29, 0.717) is 22.9 Å². The van der Waals surface area contributed by atoms with Crippen LogP contribution in [0.1, 0.15) is 19.8 Å². The Labute approximate surface area is 110 Å². The summed E-state index contributed by atoms with van der Waals surface area (Å²) in [5.41, 5.74) is 0. The Bertz CT molecular complexity index is 424. The van der Waals surface area contributed by atoms with E-state index in [9.17, 15) is 9.59 Å². The molecule has 2 rings (SSSR count). The van der Waals surface area contributed by atoms with Crippen LogP contribution >= 0.6 is 23.2 Å². The quantitative estimate of drug-likeness (QED) is 0.726. The first-order chi connectivity index (χ1) is 8.00. The second-order valence-electron chi connectivity index (χ2n) is 4.38. The molecule has 0 aromatic carbocycles. The molecule has 0 saturated carbocycles. The van der Waals surface area contributed by atoms with Crippen LogP contribution in [0.3, 0.4) is 0 Å². The van der Waals surface area contributed by atoms with E-state index in [1.54, 1.807) is 13.0 Å². The molecule has 0 spiro atoms. The molecular formula is C12H13Cl2NO2. The van der Waals surface area contributed by atoms with Crippen molar-refractivity contribution in [1.82, 2.24) is 4.90 Å². The zero-order valence-corrected chi connectivity index (χ0v) is 11.0. The van der Waals surface area contributed by atoms with Crippen LogP contribution in [0.5, 0.6) is 0 Å². The van der Waals surface area contributed by atoms with Crippen LogP contribution in [-0.4, -0.2) is 23.3 Å². The molecule has 5 heteroatoms. The third kappa shape index (κ3) is 2.40. The van der Waals surface area contributed by atoms with Crippen molar-refractivity contribution in [3.05, 3.63) is 22.2 Å². The molecule has 0 aromatic rings. The number of carbonyl (C=O) groups excluding carboxylic acids is 2. The molecule has 0 bridgehead atoms. The Balaban J connectivity index is 2.16. The number of hydrogen-bond acceptors (Lipinski definition) is 2. The maximum atomic E-state index is 12.1. The van der Waals surface area contributed by atoms with Gasteiger partial charge in [-0.1, -0.05) is 35.4 Å². The first-order valence-corrected chi connectivity index (χ1v) is 6.28. The summed E-state index contributed by atoms with van der Waals surface area (Å²) in [6.45, 7) is 1.98. The topological polar surface area (TPSA) is 37.4 Å². The van der Waals surface area contributed by atoms with Crippen molar-refractivity contribution in [3.8, 4) is 0 Å². The van der Waals surface area contributed by atoms with Crippen LogP contribution < -0.4 is 0 Å². The molecule has 3 nitrogen and oxygen atoms in total. The van der Waals surface area contributed by atoms with E-state index in [1.807, 2.05) is 6.08 Å². The summed E-state index contributed by atoms with van der Waals surface area (Å²) >= 11 is 11.6. The Kier molecular flexibility index (Phi) is 3.59. The van der Waals surface area contributed by atoms with Gasteiger partial charge >= 0.3 is 0 Å². The van der Waals surface area contributed by atoms with Crippen molar-refractivity contribution in [3.63, 3.8) is 0 Å². The first kappa shape index (κ1) is 12.7. The molecular weight excluding hydrogens is 261 g/mol. The van der Waals surface area contributed by atoms with E-state index < -0.39 is 0 Å². The van der Waals surface area contributed by atoms with Gasteiger partial charge in [0.05, 0.1) is 11.8 Å². The number of fused-ring (bicyclic) bond motifs is 1. The number of halogens is 2. The molecule has 1 saturated heterocycles. The number of carbonyl (C=O) groups is 2. The molecule has 0 radical (unpaired) electrons. The van der Waals surface area contributed by atoms with Crippen molar-refractivity contribution in [2.45, 2.75) is 19.8 Å². The highest BCUT2D eigenvalue weighted by atomic mass is 35.5. The van der Waals surface area contributed by atoms with Crippen molar-refractivity contribution >= 4 is 35.0 Å². The minimum Gasteiger partial charge on any atom is -0.278 e. The number of imide groups is 1. The standard InChI is InChI=1S/C12H13Cl2NO2/c1-7(13)4-5-15-11(16)9-3-2-8(14)6-10(9)12(15)17/h2,4,9-10H,3,5-6H2,1H3. The van der Waals surface area contributed by atoms with Gasteiger partial charge in [-0.15, -0.1) is 0 Å². The summed E-state index contributed by atoms with van der Waals surface area (Å²) in [7, 11) is 0. The van der Waals surface area contributed by atoms with Gasteiger partial charge in [0.25, 0.3) is 0 Å². The summed E-state index contributed by atoms with van der Waals surface area (Å²) in [6.07, 6.45) is 4.55. The van der Waals surface area contributed by atoms with E-state index >= 15 is 0 Å². The molecule has 1 fully saturated rings. The summed E-state index contributed by atoms with van der Waals surface area (Å²) < 4.78 is 0. The van der Waals surface area contributed by atoms with E-state index in [-0.39, 0.29) is 30.2 Å². The van der Waals surface area contributed by atoms with Crippen LogP contribution in [0.4, 0.5) is 0 Å². The number of allylic oxidation sites excluding steroid dienone is 3. The van der Waals surface area contributed by atoms with Crippen molar-refractivity contribution < 1.29 is 9.59 Å². The molecule has 1 heterocycles. The van der Waals surface area contributed by atoms with Gasteiger partial charge in [-0.25, -0.2) is 0 Å². The summed E-state index contributed by atoms with van der Waals surface area (Å²) in [4.78, 5) is 25.4. The minimum absolute atomic E-state index is 0.102. The third-order valence-electron chi connectivity index (χ3n) is 3.22. The van der Waals surface area contributed by atoms with Crippen LogP contribution in [0.25, 0.3) is 0 Å². The van der Waals surface area contributed by atoms with E-state index in [2.05, 4.69) is 0 Å². The Morgan fingerprint density at radius 1 is 1.47 bits per heavy atom. The predicted molar refractivity (Wildman–Crippen MR) is 66.5 cm³/mol. The Morgan fingerprint density at radius 3 is 2.76 bits per heavy atom. The lowest BCUT2D eigenvalue weighted by molar-refractivity contribution is -0.139. The summed E-state index contributed by atoms with van der Waals surface area (Å²) in [6, 6.07) is 0. The minimum atomic E-state index is -0.274. The van der Waals surface area contributed by atoms with Gasteiger partial charge in [0.2, 0.25) is 11.8 Å².